The van der Waals surface area contributed by atoms with Crippen molar-refractivity contribution in [3.8, 4) is 11.4 Å². The fourth-order valence-electron chi connectivity index (χ4n) is 3.34. The van der Waals surface area contributed by atoms with Crippen LogP contribution < -0.4 is 4.90 Å². The molecule has 0 unspecified atom stereocenters. The number of halogens is 6. The summed E-state index contributed by atoms with van der Waals surface area (Å²) in [5.74, 6) is 0.791. The van der Waals surface area contributed by atoms with E-state index in [4.69, 9.17) is 4.52 Å². The Bertz CT molecular complexity index is 1060. The minimum absolute atomic E-state index is 0.0682. The second-order valence-corrected chi connectivity index (χ2v) is 7.26. The summed E-state index contributed by atoms with van der Waals surface area (Å²) in [4.78, 5) is 12.0. The Morgan fingerprint density at radius 3 is 2.22 bits per heavy atom. The number of hydrogen-bond acceptors (Lipinski definition) is 6. The van der Waals surface area contributed by atoms with Crippen LogP contribution in [0.3, 0.4) is 0 Å². The third kappa shape index (κ3) is 5.01. The summed E-state index contributed by atoms with van der Waals surface area (Å²) < 4.78 is 81.9. The lowest BCUT2D eigenvalue weighted by atomic mass is 10.1. The monoisotopic (exact) mass is 457 g/mol. The van der Waals surface area contributed by atoms with E-state index in [9.17, 15) is 26.3 Å². The summed E-state index contributed by atoms with van der Waals surface area (Å²) in [5.41, 5.74) is -1.39. The fourth-order valence-corrected chi connectivity index (χ4v) is 3.34. The molecule has 6 nitrogen and oxygen atoms in total. The van der Waals surface area contributed by atoms with Gasteiger partial charge < -0.3 is 9.42 Å². The maximum atomic E-state index is 12.9. The van der Waals surface area contributed by atoms with Crippen LogP contribution in [0.15, 0.2) is 47.1 Å². The van der Waals surface area contributed by atoms with E-state index in [2.05, 4.69) is 15.1 Å². The van der Waals surface area contributed by atoms with Gasteiger partial charge in [0.15, 0.2) is 0 Å². The smallest absolute Gasteiger partial charge is 0.354 e. The van der Waals surface area contributed by atoms with Crippen LogP contribution in [0.4, 0.5) is 32.2 Å². The summed E-state index contributed by atoms with van der Waals surface area (Å²) in [6, 6.07) is 7.03. The maximum Gasteiger partial charge on any atom is 0.417 e. The molecule has 1 aromatic carbocycles. The molecule has 32 heavy (non-hydrogen) atoms. The molecule has 1 saturated heterocycles. The average Bonchev–Trinajstić information content (AvgIpc) is 3.22. The number of alkyl halides is 6. The first-order valence-electron chi connectivity index (χ1n) is 9.60. The summed E-state index contributed by atoms with van der Waals surface area (Å²) in [5, 5.41) is 3.77. The van der Waals surface area contributed by atoms with Gasteiger partial charge in [0.05, 0.1) is 17.7 Å². The van der Waals surface area contributed by atoms with Crippen LogP contribution in [-0.2, 0) is 18.9 Å². The van der Waals surface area contributed by atoms with Crippen molar-refractivity contribution in [1.29, 1.82) is 0 Å². The number of rotatable bonds is 4. The van der Waals surface area contributed by atoms with Gasteiger partial charge in [0.1, 0.15) is 5.82 Å². The van der Waals surface area contributed by atoms with Crippen molar-refractivity contribution in [3.63, 3.8) is 0 Å². The number of nitrogens with zero attached hydrogens (tertiary/aromatic N) is 5. The first-order chi connectivity index (χ1) is 15.1. The molecule has 1 aliphatic heterocycles. The highest BCUT2D eigenvalue weighted by Gasteiger charge is 2.32. The molecule has 0 aliphatic carbocycles. The summed E-state index contributed by atoms with van der Waals surface area (Å²) in [6.45, 7) is 2.52. The van der Waals surface area contributed by atoms with E-state index in [0.29, 0.717) is 38.5 Å². The molecule has 0 amide bonds. The number of anilines is 1. The Morgan fingerprint density at radius 2 is 1.59 bits per heavy atom. The first kappa shape index (κ1) is 22.1. The number of benzene rings is 1. The standard InChI is InChI=1S/C20H17F6N5O/c21-19(22,23)14-3-1-2-13(10-14)18-28-17(32-29-18)12-30-6-8-31(9-7-30)16-5-4-15(11-27-16)20(24,25)26/h1-5,10-11H,6-9,12H2. The van der Waals surface area contributed by atoms with Crippen molar-refractivity contribution >= 4 is 5.82 Å². The molecular formula is C20H17F6N5O. The normalized spacial score (nSPS) is 15.9. The van der Waals surface area contributed by atoms with Gasteiger partial charge in [-0.1, -0.05) is 17.3 Å². The van der Waals surface area contributed by atoms with Crippen molar-refractivity contribution < 1.29 is 30.9 Å². The molecule has 0 bridgehead atoms. The fraction of sp³-hybridized carbons (Fsp3) is 0.350. The van der Waals surface area contributed by atoms with Crippen molar-refractivity contribution in [3.05, 3.63) is 59.6 Å². The van der Waals surface area contributed by atoms with E-state index in [0.717, 1.165) is 24.4 Å². The van der Waals surface area contributed by atoms with Crippen LogP contribution in [0.2, 0.25) is 0 Å². The predicted molar refractivity (Wildman–Crippen MR) is 101 cm³/mol. The van der Waals surface area contributed by atoms with E-state index < -0.39 is 23.5 Å². The average molecular weight is 457 g/mol. The van der Waals surface area contributed by atoms with Crippen molar-refractivity contribution in [2.24, 2.45) is 0 Å². The van der Waals surface area contributed by atoms with Crippen LogP contribution in [0.1, 0.15) is 17.0 Å². The second-order valence-electron chi connectivity index (χ2n) is 7.26. The number of hydrogen-bond donors (Lipinski definition) is 0. The minimum Gasteiger partial charge on any atom is -0.354 e. The van der Waals surface area contributed by atoms with Crippen LogP contribution >= 0.6 is 0 Å². The lowest BCUT2D eigenvalue weighted by molar-refractivity contribution is -0.138. The Kier molecular flexibility index (Phi) is 5.80. The number of pyridine rings is 1. The predicted octanol–water partition coefficient (Wildman–Crippen LogP) is 4.49. The molecule has 3 aromatic rings. The lowest BCUT2D eigenvalue weighted by Gasteiger charge is -2.34. The molecule has 12 heteroatoms. The highest BCUT2D eigenvalue weighted by atomic mass is 19.4. The number of aromatic nitrogens is 3. The molecule has 0 saturated carbocycles. The third-order valence-electron chi connectivity index (χ3n) is 5.05. The zero-order chi connectivity index (χ0) is 22.9. The summed E-state index contributed by atoms with van der Waals surface area (Å²) in [7, 11) is 0. The van der Waals surface area contributed by atoms with Crippen molar-refractivity contribution in [1.82, 2.24) is 20.0 Å². The molecule has 1 aliphatic rings. The van der Waals surface area contributed by atoms with Crippen LogP contribution in [0.5, 0.6) is 0 Å². The van der Waals surface area contributed by atoms with Gasteiger partial charge in [-0.3, -0.25) is 4.90 Å². The summed E-state index contributed by atoms with van der Waals surface area (Å²) >= 11 is 0. The van der Waals surface area contributed by atoms with Crippen LogP contribution in [-0.4, -0.2) is 46.2 Å². The maximum absolute atomic E-state index is 12.9. The molecule has 2 aromatic heterocycles. The van der Waals surface area contributed by atoms with Gasteiger partial charge in [-0.05, 0) is 24.3 Å². The van der Waals surface area contributed by atoms with E-state index in [-0.39, 0.29) is 17.3 Å². The number of piperazine rings is 1. The van der Waals surface area contributed by atoms with E-state index >= 15 is 0 Å². The Hall–Kier alpha value is -3.15. The molecule has 0 spiro atoms. The molecule has 3 heterocycles. The molecule has 0 radical (unpaired) electrons. The Morgan fingerprint density at radius 1 is 0.875 bits per heavy atom. The van der Waals surface area contributed by atoms with Gasteiger partial charge in [0, 0.05) is 37.9 Å². The highest BCUT2D eigenvalue weighted by molar-refractivity contribution is 5.55. The molecule has 0 atom stereocenters. The van der Waals surface area contributed by atoms with Gasteiger partial charge in [0.25, 0.3) is 0 Å². The quantitative estimate of drug-likeness (QED) is 0.538. The Balaban J connectivity index is 1.35. The van der Waals surface area contributed by atoms with Crippen LogP contribution in [0, 0.1) is 0 Å². The third-order valence-corrected chi connectivity index (χ3v) is 5.05. The first-order valence-corrected chi connectivity index (χ1v) is 9.60. The van der Waals surface area contributed by atoms with Gasteiger partial charge in [0.2, 0.25) is 11.7 Å². The highest BCUT2D eigenvalue weighted by Crippen LogP contribution is 2.32. The van der Waals surface area contributed by atoms with Gasteiger partial charge in [-0.2, -0.15) is 31.3 Å². The van der Waals surface area contributed by atoms with Gasteiger partial charge in [-0.25, -0.2) is 4.98 Å². The van der Waals surface area contributed by atoms with Gasteiger partial charge in [-0.15, -0.1) is 0 Å². The van der Waals surface area contributed by atoms with E-state index in [1.807, 2.05) is 9.80 Å². The lowest BCUT2D eigenvalue weighted by Crippen LogP contribution is -2.46. The zero-order valence-corrected chi connectivity index (χ0v) is 16.5. The van der Waals surface area contributed by atoms with Crippen molar-refractivity contribution in [2.45, 2.75) is 18.9 Å². The second kappa shape index (κ2) is 8.41. The van der Waals surface area contributed by atoms with Crippen molar-refractivity contribution in [2.75, 3.05) is 31.1 Å². The molecule has 4 rings (SSSR count). The largest absolute Gasteiger partial charge is 0.417 e. The van der Waals surface area contributed by atoms with E-state index in [1.165, 1.54) is 18.2 Å². The molecule has 0 N–H and O–H groups in total. The molecule has 170 valence electrons. The molecule has 1 fully saturated rings. The topological polar surface area (TPSA) is 58.3 Å². The Labute approximate surface area is 178 Å². The SMILES string of the molecule is FC(F)(F)c1ccc(N2CCN(Cc3nc(-c4cccc(C(F)(F)F)c4)no3)CC2)nc1. The minimum atomic E-state index is -4.47. The summed E-state index contributed by atoms with van der Waals surface area (Å²) in [6.07, 6.45) is -8.08. The molecular weight excluding hydrogens is 440 g/mol. The zero-order valence-electron chi connectivity index (χ0n) is 16.5. The van der Waals surface area contributed by atoms with E-state index in [1.54, 1.807) is 0 Å². The van der Waals surface area contributed by atoms with Gasteiger partial charge >= 0.3 is 12.4 Å². The van der Waals surface area contributed by atoms with Crippen LogP contribution in [0.25, 0.3) is 11.4 Å².